The maximum Gasteiger partial charge on any atom is 0.319 e. The van der Waals surface area contributed by atoms with E-state index < -0.39 is 5.60 Å². The molecule has 0 aliphatic heterocycles. The van der Waals surface area contributed by atoms with Crippen LogP contribution in [0.5, 0.6) is 5.75 Å². The molecule has 2 amide bonds. The fourth-order valence-electron chi connectivity index (χ4n) is 2.40. The summed E-state index contributed by atoms with van der Waals surface area (Å²) in [5.74, 6) is 0.772. The van der Waals surface area contributed by atoms with Crippen LogP contribution in [0.2, 0.25) is 0 Å². The molecule has 1 unspecified atom stereocenters. The molecule has 0 radical (unpaired) electrons. The van der Waals surface area contributed by atoms with Crippen molar-refractivity contribution in [3.05, 3.63) is 59.7 Å². The number of anilines is 1. The summed E-state index contributed by atoms with van der Waals surface area (Å²) >= 11 is 0. The summed E-state index contributed by atoms with van der Waals surface area (Å²) in [6.07, 6.45) is 0.432. The highest BCUT2D eigenvalue weighted by Gasteiger charge is 2.22. The topological polar surface area (TPSA) is 70.6 Å². The number of carbonyl (C=O) groups excluding carboxylic acids is 1. The average molecular weight is 328 g/mol. The van der Waals surface area contributed by atoms with Gasteiger partial charge in [0.25, 0.3) is 0 Å². The number of hydrogen-bond donors (Lipinski definition) is 3. The third-order valence-electron chi connectivity index (χ3n) is 3.77. The maximum atomic E-state index is 12.0. The lowest BCUT2D eigenvalue weighted by Gasteiger charge is -2.24. The molecule has 5 nitrogen and oxygen atoms in total. The number of aryl methyl sites for hydroxylation is 1. The summed E-state index contributed by atoms with van der Waals surface area (Å²) in [6.45, 7) is 3.78. The van der Waals surface area contributed by atoms with Crippen molar-refractivity contribution >= 4 is 11.7 Å². The molecule has 24 heavy (non-hydrogen) atoms. The zero-order valence-electron chi connectivity index (χ0n) is 14.3. The van der Waals surface area contributed by atoms with E-state index in [9.17, 15) is 9.90 Å². The fraction of sp³-hybridized carbons (Fsp3) is 0.316. The number of benzene rings is 2. The molecule has 0 aliphatic carbocycles. The number of nitrogens with one attached hydrogen (secondary N) is 2. The van der Waals surface area contributed by atoms with Gasteiger partial charge in [-0.15, -0.1) is 0 Å². The van der Waals surface area contributed by atoms with Crippen molar-refractivity contribution in [2.24, 2.45) is 0 Å². The number of amides is 2. The van der Waals surface area contributed by atoms with Crippen molar-refractivity contribution < 1.29 is 14.6 Å². The summed E-state index contributed by atoms with van der Waals surface area (Å²) in [5.41, 5.74) is 1.67. The van der Waals surface area contributed by atoms with Gasteiger partial charge < -0.3 is 20.5 Å². The van der Waals surface area contributed by atoms with E-state index in [0.717, 1.165) is 22.6 Å². The highest BCUT2D eigenvalue weighted by Crippen LogP contribution is 2.17. The summed E-state index contributed by atoms with van der Waals surface area (Å²) in [6, 6.07) is 14.7. The van der Waals surface area contributed by atoms with E-state index in [1.807, 2.05) is 55.5 Å². The molecular weight excluding hydrogens is 304 g/mol. The second-order valence-corrected chi connectivity index (χ2v) is 6.14. The van der Waals surface area contributed by atoms with Crippen molar-refractivity contribution in [2.45, 2.75) is 25.9 Å². The van der Waals surface area contributed by atoms with Gasteiger partial charge in [-0.2, -0.15) is 0 Å². The molecule has 0 aromatic heterocycles. The monoisotopic (exact) mass is 328 g/mol. The van der Waals surface area contributed by atoms with Crippen molar-refractivity contribution in [1.82, 2.24) is 5.32 Å². The first-order chi connectivity index (χ1) is 11.4. The van der Waals surface area contributed by atoms with Gasteiger partial charge in [0.05, 0.1) is 12.7 Å². The Bertz CT molecular complexity index is 681. The lowest BCUT2D eigenvalue weighted by molar-refractivity contribution is 0.0629. The Morgan fingerprint density at radius 2 is 1.83 bits per heavy atom. The second kappa shape index (κ2) is 7.84. The van der Waals surface area contributed by atoms with E-state index in [-0.39, 0.29) is 12.6 Å². The predicted octanol–water partition coefficient (Wildman–Crippen LogP) is 3.12. The Balaban J connectivity index is 1.87. The van der Waals surface area contributed by atoms with Crippen LogP contribution in [-0.4, -0.2) is 30.4 Å². The number of ether oxygens (including phenoxy) is 1. The number of hydrogen-bond acceptors (Lipinski definition) is 3. The lowest BCUT2D eigenvalue weighted by atomic mass is 9.96. The molecule has 2 aromatic carbocycles. The van der Waals surface area contributed by atoms with Gasteiger partial charge in [-0.1, -0.05) is 30.3 Å². The Kier molecular flexibility index (Phi) is 5.82. The molecule has 0 bridgehead atoms. The zero-order valence-corrected chi connectivity index (χ0v) is 14.3. The third-order valence-corrected chi connectivity index (χ3v) is 3.77. The Labute approximate surface area is 142 Å². The number of aliphatic hydroxyl groups is 1. The summed E-state index contributed by atoms with van der Waals surface area (Å²) in [7, 11) is 1.61. The van der Waals surface area contributed by atoms with Gasteiger partial charge in [-0.3, -0.25) is 0 Å². The summed E-state index contributed by atoms with van der Waals surface area (Å²) in [4.78, 5) is 12.0. The van der Waals surface area contributed by atoms with Gasteiger partial charge in [-0.05, 0) is 43.2 Å². The van der Waals surface area contributed by atoms with Crippen LogP contribution in [0.1, 0.15) is 18.1 Å². The lowest BCUT2D eigenvalue weighted by Crippen LogP contribution is -2.43. The quantitative estimate of drug-likeness (QED) is 0.763. The summed E-state index contributed by atoms with van der Waals surface area (Å²) in [5, 5.41) is 16.0. The molecule has 0 fully saturated rings. The van der Waals surface area contributed by atoms with E-state index in [4.69, 9.17) is 4.74 Å². The minimum Gasteiger partial charge on any atom is -0.497 e. The van der Waals surface area contributed by atoms with Crippen LogP contribution in [0.25, 0.3) is 0 Å². The third kappa shape index (κ3) is 5.28. The second-order valence-electron chi connectivity index (χ2n) is 6.14. The first-order valence-corrected chi connectivity index (χ1v) is 7.85. The van der Waals surface area contributed by atoms with Crippen molar-refractivity contribution in [1.29, 1.82) is 0 Å². The van der Waals surface area contributed by atoms with Gasteiger partial charge in [0, 0.05) is 18.7 Å². The Morgan fingerprint density at radius 1 is 1.17 bits per heavy atom. The molecule has 0 heterocycles. The molecule has 0 aliphatic rings. The van der Waals surface area contributed by atoms with Crippen LogP contribution < -0.4 is 15.4 Å². The van der Waals surface area contributed by atoms with Crippen molar-refractivity contribution in [3.63, 3.8) is 0 Å². The first kappa shape index (κ1) is 17.8. The average Bonchev–Trinajstić information content (AvgIpc) is 2.56. The van der Waals surface area contributed by atoms with Gasteiger partial charge in [0.2, 0.25) is 0 Å². The zero-order chi connectivity index (χ0) is 17.6. The van der Waals surface area contributed by atoms with Crippen molar-refractivity contribution in [3.8, 4) is 5.75 Å². The Morgan fingerprint density at radius 3 is 2.46 bits per heavy atom. The number of para-hydroxylation sites is 1. The molecule has 3 N–H and O–H groups in total. The normalized spacial score (nSPS) is 13.0. The SMILES string of the molecule is COc1ccc(CC(C)(O)CNC(=O)Nc2ccccc2C)cc1. The van der Waals surface area contributed by atoms with E-state index in [0.29, 0.717) is 6.42 Å². The van der Waals surface area contributed by atoms with Gasteiger partial charge in [0.1, 0.15) is 5.75 Å². The minimum atomic E-state index is -1.04. The molecule has 2 rings (SSSR count). The van der Waals surface area contributed by atoms with Crippen LogP contribution in [0, 0.1) is 6.92 Å². The fourth-order valence-corrected chi connectivity index (χ4v) is 2.40. The van der Waals surface area contributed by atoms with E-state index in [1.54, 1.807) is 14.0 Å². The van der Waals surface area contributed by atoms with Crippen molar-refractivity contribution in [2.75, 3.05) is 19.0 Å². The molecule has 5 heteroatoms. The number of methoxy groups -OCH3 is 1. The number of rotatable bonds is 6. The van der Waals surface area contributed by atoms with Crippen LogP contribution in [0.4, 0.5) is 10.5 Å². The van der Waals surface area contributed by atoms with E-state index in [1.165, 1.54) is 0 Å². The number of carbonyl (C=O) groups is 1. The molecule has 128 valence electrons. The maximum absolute atomic E-state index is 12.0. The Hall–Kier alpha value is -2.53. The number of urea groups is 1. The van der Waals surface area contributed by atoms with Crippen LogP contribution in [-0.2, 0) is 6.42 Å². The van der Waals surface area contributed by atoms with Gasteiger partial charge in [0.15, 0.2) is 0 Å². The smallest absolute Gasteiger partial charge is 0.319 e. The molecule has 2 aromatic rings. The largest absolute Gasteiger partial charge is 0.497 e. The predicted molar refractivity (Wildman–Crippen MR) is 95.5 cm³/mol. The molecule has 0 saturated carbocycles. The molecular formula is C19H24N2O3. The molecule has 0 saturated heterocycles. The van der Waals surface area contributed by atoms with E-state index in [2.05, 4.69) is 10.6 Å². The van der Waals surface area contributed by atoms with Crippen LogP contribution in [0.3, 0.4) is 0 Å². The van der Waals surface area contributed by atoms with Crippen LogP contribution in [0.15, 0.2) is 48.5 Å². The highest BCUT2D eigenvalue weighted by molar-refractivity contribution is 5.90. The minimum absolute atomic E-state index is 0.150. The standard InChI is InChI=1S/C19H24N2O3/c1-14-6-4-5-7-17(14)21-18(22)20-13-19(2,23)12-15-8-10-16(24-3)11-9-15/h4-11,23H,12-13H2,1-3H3,(H2,20,21,22). The highest BCUT2D eigenvalue weighted by atomic mass is 16.5. The molecule has 0 spiro atoms. The van der Waals surface area contributed by atoms with Gasteiger partial charge >= 0.3 is 6.03 Å². The first-order valence-electron chi connectivity index (χ1n) is 7.85. The van der Waals surface area contributed by atoms with Gasteiger partial charge in [-0.25, -0.2) is 4.79 Å². The van der Waals surface area contributed by atoms with Crippen LogP contribution >= 0.6 is 0 Å². The van der Waals surface area contributed by atoms with E-state index >= 15 is 0 Å². The summed E-state index contributed by atoms with van der Waals surface area (Å²) < 4.78 is 5.12. The molecule has 1 atom stereocenters.